The number of rotatable bonds is 6. The molecule has 1 amide bonds. The summed E-state index contributed by atoms with van der Waals surface area (Å²) in [5.41, 5.74) is 0.407. The van der Waals surface area contributed by atoms with E-state index >= 15 is 0 Å². The molecule has 2 N–H and O–H groups in total. The number of benzene rings is 1. The molecule has 1 aromatic heterocycles. The van der Waals surface area contributed by atoms with Gasteiger partial charge in [0.2, 0.25) is 0 Å². The lowest BCUT2D eigenvalue weighted by atomic mass is 10.1. The fraction of sp³-hybridized carbons (Fsp3) is 0.294. The van der Waals surface area contributed by atoms with Gasteiger partial charge in [0, 0.05) is 6.54 Å². The molecular formula is C17H19F2N3O. The van der Waals surface area contributed by atoms with Crippen molar-refractivity contribution in [2.24, 2.45) is 5.92 Å². The number of para-hydroxylation sites is 1. The molecule has 0 aliphatic heterocycles. The number of nitrogens with zero attached hydrogens (tertiary/aromatic N) is 1. The standard InChI is InChI=1S/C17H19F2N3O/c1-11(2)8-9-20-17(23)15-7-6-12(10-21-15)22-16-13(18)4-3-5-14(16)19/h3-7,10-11,22H,8-9H2,1-2H3,(H,20,23). The molecule has 1 aromatic carbocycles. The summed E-state index contributed by atoms with van der Waals surface area (Å²) in [4.78, 5) is 15.9. The lowest BCUT2D eigenvalue weighted by Gasteiger charge is -2.09. The van der Waals surface area contributed by atoms with Crippen LogP contribution in [0.15, 0.2) is 36.5 Å². The number of hydrogen-bond acceptors (Lipinski definition) is 3. The van der Waals surface area contributed by atoms with Gasteiger partial charge in [0.05, 0.1) is 11.9 Å². The molecule has 0 atom stereocenters. The van der Waals surface area contributed by atoms with Gasteiger partial charge in [0.1, 0.15) is 23.0 Å². The van der Waals surface area contributed by atoms with Gasteiger partial charge in [-0.15, -0.1) is 0 Å². The Morgan fingerprint density at radius 1 is 1.17 bits per heavy atom. The summed E-state index contributed by atoms with van der Waals surface area (Å²) >= 11 is 0. The van der Waals surface area contributed by atoms with Crippen LogP contribution < -0.4 is 10.6 Å². The molecule has 0 saturated carbocycles. The number of aromatic nitrogens is 1. The van der Waals surface area contributed by atoms with Crippen LogP contribution in [0.5, 0.6) is 0 Å². The van der Waals surface area contributed by atoms with Gasteiger partial charge in [-0.2, -0.15) is 0 Å². The van der Waals surface area contributed by atoms with Crippen molar-refractivity contribution < 1.29 is 13.6 Å². The smallest absolute Gasteiger partial charge is 0.269 e. The third-order valence-corrected chi connectivity index (χ3v) is 3.24. The topological polar surface area (TPSA) is 54.0 Å². The summed E-state index contributed by atoms with van der Waals surface area (Å²) < 4.78 is 27.1. The maximum absolute atomic E-state index is 13.6. The molecule has 0 radical (unpaired) electrons. The Labute approximate surface area is 133 Å². The van der Waals surface area contributed by atoms with Crippen LogP contribution in [0.4, 0.5) is 20.2 Å². The molecule has 0 bridgehead atoms. The molecule has 6 heteroatoms. The van der Waals surface area contributed by atoms with E-state index in [-0.39, 0.29) is 17.3 Å². The molecular weight excluding hydrogens is 300 g/mol. The van der Waals surface area contributed by atoms with Gasteiger partial charge in [0.15, 0.2) is 0 Å². The number of halogens is 2. The largest absolute Gasteiger partial charge is 0.351 e. The van der Waals surface area contributed by atoms with Crippen LogP contribution in [0.2, 0.25) is 0 Å². The third-order valence-electron chi connectivity index (χ3n) is 3.24. The number of amides is 1. The predicted octanol–water partition coefficient (Wildman–Crippen LogP) is 3.88. The fourth-order valence-corrected chi connectivity index (χ4v) is 1.93. The van der Waals surface area contributed by atoms with Crippen molar-refractivity contribution in [1.29, 1.82) is 0 Å². The monoisotopic (exact) mass is 319 g/mol. The second-order valence-corrected chi connectivity index (χ2v) is 5.59. The summed E-state index contributed by atoms with van der Waals surface area (Å²) in [6, 6.07) is 6.67. The van der Waals surface area contributed by atoms with Crippen molar-refractivity contribution in [1.82, 2.24) is 10.3 Å². The Morgan fingerprint density at radius 2 is 1.87 bits per heavy atom. The highest BCUT2D eigenvalue weighted by atomic mass is 19.1. The highest BCUT2D eigenvalue weighted by molar-refractivity contribution is 5.92. The van der Waals surface area contributed by atoms with Crippen LogP contribution >= 0.6 is 0 Å². The van der Waals surface area contributed by atoms with Crippen LogP contribution in [-0.2, 0) is 0 Å². The first-order chi connectivity index (χ1) is 11.0. The van der Waals surface area contributed by atoms with E-state index < -0.39 is 11.6 Å². The normalized spacial score (nSPS) is 10.7. The Balaban J connectivity index is 2.01. The summed E-state index contributed by atoms with van der Waals surface area (Å²) in [6.45, 7) is 4.73. The van der Waals surface area contributed by atoms with Gasteiger partial charge in [0.25, 0.3) is 5.91 Å². The first-order valence-electron chi connectivity index (χ1n) is 7.42. The van der Waals surface area contributed by atoms with Crippen molar-refractivity contribution in [2.45, 2.75) is 20.3 Å². The van der Waals surface area contributed by atoms with Gasteiger partial charge in [-0.25, -0.2) is 13.8 Å². The highest BCUT2D eigenvalue weighted by Crippen LogP contribution is 2.22. The van der Waals surface area contributed by atoms with Gasteiger partial charge >= 0.3 is 0 Å². The van der Waals surface area contributed by atoms with E-state index in [0.717, 1.165) is 18.6 Å². The molecule has 0 fully saturated rings. The number of carbonyl (C=O) groups is 1. The van der Waals surface area contributed by atoms with E-state index in [9.17, 15) is 13.6 Å². The molecule has 0 aliphatic carbocycles. The van der Waals surface area contributed by atoms with Crippen molar-refractivity contribution in [3.8, 4) is 0 Å². The fourth-order valence-electron chi connectivity index (χ4n) is 1.93. The highest BCUT2D eigenvalue weighted by Gasteiger charge is 2.10. The first-order valence-corrected chi connectivity index (χ1v) is 7.42. The van der Waals surface area contributed by atoms with Crippen LogP contribution in [0.25, 0.3) is 0 Å². The van der Waals surface area contributed by atoms with Gasteiger partial charge in [-0.1, -0.05) is 19.9 Å². The zero-order chi connectivity index (χ0) is 16.8. The molecule has 23 heavy (non-hydrogen) atoms. The second-order valence-electron chi connectivity index (χ2n) is 5.59. The summed E-state index contributed by atoms with van der Waals surface area (Å²) in [6.07, 6.45) is 2.25. The molecule has 2 aromatic rings. The first kappa shape index (κ1) is 16.9. The molecule has 122 valence electrons. The van der Waals surface area contributed by atoms with E-state index in [1.165, 1.54) is 18.3 Å². The van der Waals surface area contributed by atoms with Crippen LogP contribution in [0.3, 0.4) is 0 Å². The number of carbonyl (C=O) groups excluding carboxylic acids is 1. The molecule has 0 spiro atoms. The number of hydrogen-bond donors (Lipinski definition) is 2. The number of anilines is 2. The summed E-state index contributed by atoms with van der Waals surface area (Å²) in [5, 5.41) is 5.40. The van der Waals surface area contributed by atoms with Crippen molar-refractivity contribution in [3.63, 3.8) is 0 Å². The minimum atomic E-state index is -0.694. The Morgan fingerprint density at radius 3 is 2.43 bits per heavy atom. The molecule has 0 aliphatic rings. The SMILES string of the molecule is CC(C)CCNC(=O)c1ccc(Nc2c(F)cccc2F)cn1. The van der Waals surface area contributed by atoms with Gasteiger partial charge in [-0.3, -0.25) is 4.79 Å². The zero-order valence-corrected chi connectivity index (χ0v) is 13.1. The van der Waals surface area contributed by atoms with E-state index in [1.807, 2.05) is 0 Å². The third kappa shape index (κ3) is 4.74. The van der Waals surface area contributed by atoms with Crippen LogP contribution in [0, 0.1) is 17.6 Å². The maximum Gasteiger partial charge on any atom is 0.269 e. The van der Waals surface area contributed by atoms with Crippen LogP contribution in [-0.4, -0.2) is 17.4 Å². The molecule has 4 nitrogen and oxygen atoms in total. The van der Waals surface area contributed by atoms with Crippen LogP contribution in [0.1, 0.15) is 30.8 Å². The second kappa shape index (κ2) is 7.67. The zero-order valence-electron chi connectivity index (χ0n) is 13.1. The average Bonchev–Trinajstić information content (AvgIpc) is 2.51. The van der Waals surface area contributed by atoms with Crippen molar-refractivity contribution >= 4 is 17.3 Å². The Bertz CT molecular complexity index is 652. The minimum Gasteiger partial charge on any atom is -0.351 e. The molecule has 1 heterocycles. The van der Waals surface area contributed by atoms with E-state index in [1.54, 1.807) is 6.07 Å². The Hall–Kier alpha value is -2.50. The maximum atomic E-state index is 13.6. The predicted molar refractivity (Wildman–Crippen MR) is 85.7 cm³/mol. The molecule has 0 saturated heterocycles. The van der Waals surface area contributed by atoms with Gasteiger partial charge < -0.3 is 10.6 Å². The lowest BCUT2D eigenvalue weighted by molar-refractivity contribution is 0.0947. The van der Waals surface area contributed by atoms with E-state index in [4.69, 9.17) is 0 Å². The Kier molecular flexibility index (Phi) is 5.62. The van der Waals surface area contributed by atoms with Crippen molar-refractivity contribution in [2.75, 3.05) is 11.9 Å². The van der Waals surface area contributed by atoms with Crippen molar-refractivity contribution in [3.05, 3.63) is 53.9 Å². The van der Waals surface area contributed by atoms with E-state index in [0.29, 0.717) is 18.2 Å². The minimum absolute atomic E-state index is 0.247. The average molecular weight is 319 g/mol. The number of nitrogens with one attached hydrogen (secondary N) is 2. The molecule has 0 unspecified atom stereocenters. The quantitative estimate of drug-likeness (QED) is 0.849. The molecule has 2 rings (SSSR count). The summed E-state index contributed by atoms with van der Waals surface area (Å²) in [5.74, 6) is -1.15. The number of pyridine rings is 1. The van der Waals surface area contributed by atoms with Gasteiger partial charge in [-0.05, 0) is 36.6 Å². The summed E-state index contributed by atoms with van der Waals surface area (Å²) in [7, 11) is 0. The van der Waals surface area contributed by atoms with E-state index in [2.05, 4.69) is 29.5 Å². The lowest BCUT2D eigenvalue weighted by Crippen LogP contribution is -2.26.